The minimum atomic E-state index is -1.18. The van der Waals surface area contributed by atoms with Gasteiger partial charge in [0.25, 0.3) is 0 Å². The number of hydrogen-bond donors (Lipinski definition) is 2. The van der Waals surface area contributed by atoms with Crippen LogP contribution in [0, 0.1) is 0 Å². The number of pyridine rings is 1. The maximum atomic E-state index is 11.7. The fourth-order valence-electron chi connectivity index (χ4n) is 2.33. The average Bonchev–Trinajstić information content (AvgIpc) is 2.93. The van der Waals surface area contributed by atoms with Crippen molar-refractivity contribution in [3.05, 3.63) is 53.9 Å². The number of phenols is 1. The molecule has 0 aliphatic heterocycles. The first-order valence-corrected chi connectivity index (χ1v) is 6.64. The second-order valence-electron chi connectivity index (χ2n) is 4.80. The summed E-state index contributed by atoms with van der Waals surface area (Å²) in [6.07, 6.45) is 1.46. The van der Waals surface area contributed by atoms with Crippen molar-refractivity contribution in [1.29, 1.82) is 0 Å². The highest BCUT2D eigenvalue weighted by Crippen LogP contribution is 2.26. The molecule has 0 atom stereocenters. The summed E-state index contributed by atoms with van der Waals surface area (Å²) in [4.78, 5) is 27.2. The number of esters is 1. The van der Waals surface area contributed by atoms with E-state index in [1.165, 1.54) is 42.0 Å². The molecule has 2 aromatic heterocycles. The summed E-state index contributed by atoms with van der Waals surface area (Å²) in [7, 11) is 1.26. The summed E-state index contributed by atoms with van der Waals surface area (Å²) in [5.74, 6) is -1.39. The predicted octanol–water partition coefficient (Wildman–Crippen LogP) is 2.19. The molecule has 23 heavy (non-hydrogen) atoms. The van der Waals surface area contributed by atoms with Crippen LogP contribution in [0.15, 0.2) is 42.6 Å². The minimum Gasteiger partial charge on any atom is -0.508 e. The molecule has 7 heteroatoms. The average molecular weight is 312 g/mol. The Hall–Kier alpha value is -3.35. The van der Waals surface area contributed by atoms with Crippen molar-refractivity contribution >= 4 is 17.5 Å². The Morgan fingerprint density at radius 3 is 2.65 bits per heavy atom. The lowest BCUT2D eigenvalue weighted by Crippen LogP contribution is -2.03. The Balaban J connectivity index is 2.31. The van der Waals surface area contributed by atoms with E-state index in [2.05, 4.69) is 9.72 Å². The Morgan fingerprint density at radius 2 is 2.00 bits per heavy atom. The molecule has 0 spiro atoms. The number of fused-ring (bicyclic) bond motifs is 1. The van der Waals surface area contributed by atoms with E-state index in [9.17, 15) is 19.8 Å². The van der Waals surface area contributed by atoms with Gasteiger partial charge in [0.15, 0.2) is 5.69 Å². The molecule has 0 bridgehead atoms. The van der Waals surface area contributed by atoms with Crippen molar-refractivity contribution in [3.8, 4) is 17.1 Å². The third kappa shape index (κ3) is 2.48. The molecule has 3 aromatic rings. The second kappa shape index (κ2) is 5.45. The van der Waals surface area contributed by atoms with Crippen LogP contribution in [0.4, 0.5) is 0 Å². The maximum absolute atomic E-state index is 11.7. The summed E-state index contributed by atoms with van der Waals surface area (Å²) in [6, 6.07) is 9.24. The Morgan fingerprint density at radius 1 is 1.22 bits per heavy atom. The molecular weight excluding hydrogens is 300 g/mol. The Kier molecular flexibility index (Phi) is 3.46. The Bertz CT molecular complexity index is 929. The highest BCUT2D eigenvalue weighted by Gasteiger charge is 2.19. The van der Waals surface area contributed by atoms with Crippen molar-refractivity contribution in [2.45, 2.75) is 0 Å². The first kappa shape index (κ1) is 14.6. The van der Waals surface area contributed by atoms with Crippen LogP contribution in [0.2, 0.25) is 0 Å². The van der Waals surface area contributed by atoms with Gasteiger partial charge in [0, 0.05) is 11.8 Å². The quantitative estimate of drug-likeness (QED) is 0.719. The molecule has 0 unspecified atom stereocenters. The van der Waals surface area contributed by atoms with E-state index in [0.29, 0.717) is 16.9 Å². The lowest BCUT2D eigenvalue weighted by atomic mass is 10.2. The lowest BCUT2D eigenvalue weighted by Gasteiger charge is -2.04. The number of hydrogen-bond acceptors (Lipinski definition) is 5. The lowest BCUT2D eigenvalue weighted by molar-refractivity contribution is 0.0599. The molecule has 3 rings (SSSR count). The molecule has 2 N–H and O–H groups in total. The maximum Gasteiger partial charge on any atom is 0.356 e. The third-order valence-electron chi connectivity index (χ3n) is 3.37. The molecule has 0 radical (unpaired) electrons. The van der Waals surface area contributed by atoms with Crippen molar-refractivity contribution in [1.82, 2.24) is 9.38 Å². The van der Waals surface area contributed by atoms with Gasteiger partial charge >= 0.3 is 11.9 Å². The monoisotopic (exact) mass is 312 g/mol. The van der Waals surface area contributed by atoms with E-state index >= 15 is 0 Å². The molecule has 116 valence electrons. The molecule has 2 heterocycles. The highest BCUT2D eigenvalue weighted by atomic mass is 16.5. The van der Waals surface area contributed by atoms with Gasteiger partial charge in [-0.25, -0.2) is 14.6 Å². The first-order valence-electron chi connectivity index (χ1n) is 6.64. The fraction of sp³-hybridized carbons (Fsp3) is 0.0625. The highest BCUT2D eigenvalue weighted by molar-refractivity contribution is 5.96. The summed E-state index contributed by atoms with van der Waals surface area (Å²) < 4.78 is 6.17. The number of aromatic hydroxyl groups is 1. The molecule has 0 amide bonds. The molecule has 0 aliphatic rings. The van der Waals surface area contributed by atoms with E-state index in [-0.39, 0.29) is 17.0 Å². The zero-order valence-corrected chi connectivity index (χ0v) is 12.1. The molecule has 0 saturated carbocycles. The van der Waals surface area contributed by atoms with Crippen LogP contribution in [0.25, 0.3) is 16.9 Å². The number of carbonyl (C=O) groups is 2. The van der Waals surface area contributed by atoms with Gasteiger partial charge in [-0.2, -0.15) is 0 Å². The smallest absolute Gasteiger partial charge is 0.356 e. The number of imidazole rings is 1. The number of rotatable bonds is 3. The predicted molar refractivity (Wildman–Crippen MR) is 80.6 cm³/mol. The van der Waals surface area contributed by atoms with Gasteiger partial charge in [-0.05, 0) is 24.3 Å². The number of aromatic carboxylic acids is 1. The van der Waals surface area contributed by atoms with Gasteiger partial charge < -0.3 is 14.9 Å². The normalized spacial score (nSPS) is 10.7. The van der Waals surface area contributed by atoms with Crippen LogP contribution in [0.5, 0.6) is 5.75 Å². The van der Waals surface area contributed by atoms with E-state index < -0.39 is 11.9 Å². The van der Waals surface area contributed by atoms with Crippen LogP contribution in [-0.2, 0) is 4.74 Å². The number of benzene rings is 1. The summed E-state index contributed by atoms with van der Waals surface area (Å²) in [5, 5.41) is 18.9. The molecule has 1 aromatic carbocycles. The summed E-state index contributed by atoms with van der Waals surface area (Å²) in [6.45, 7) is 0. The largest absolute Gasteiger partial charge is 0.508 e. The number of ether oxygens (including phenoxy) is 1. The van der Waals surface area contributed by atoms with Gasteiger partial charge in [0.1, 0.15) is 11.6 Å². The molecule has 7 nitrogen and oxygen atoms in total. The standard InChI is InChI=1S/C16H12N2O5/c1-23-16(22)10-5-6-12-13(15(20)21)17-14(18(12)8-10)9-3-2-4-11(19)7-9/h2-8,19H,1H3,(H,20,21). The molecule has 0 fully saturated rings. The zero-order chi connectivity index (χ0) is 16.6. The van der Waals surface area contributed by atoms with Gasteiger partial charge in [0.2, 0.25) is 0 Å². The van der Waals surface area contributed by atoms with Crippen LogP contribution >= 0.6 is 0 Å². The number of methoxy groups -OCH3 is 1. The number of nitrogens with zero attached hydrogens (tertiary/aromatic N) is 2. The SMILES string of the molecule is COC(=O)c1ccc2c(C(=O)O)nc(-c3cccc(O)c3)n2c1. The van der Waals surface area contributed by atoms with E-state index in [0.717, 1.165) is 0 Å². The Labute approximate surface area is 130 Å². The minimum absolute atomic E-state index is 0.0280. The van der Waals surface area contributed by atoms with Gasteiger partial charge in [-0.15, -0.1) is 0 Å². The van der Waals surface area contributed by atoms with Crippen LogP contribution < -0.4 is 0 Å². The van der Waals surface area contributed by atoms with Gasteiger partial charge in [-0.3, -0.25) is 4.40 Å². The van der Waals surface area contributed by atoms with E-state index in [1.807, 2.05) is 0 Å². The van der Waals surface area contributed by atoms with Crippen molar-refractivity contribution in [3.63, 3.8) is 0 Å². The number of phenolic OH excluding ortho intramolecular Hbond substituents is 1. The summed E-state index contributed by atoms with van der Waals surface area (Å²) >= 11 is 0. The second-order valence-corrected chi connectivity index (χ2v) is 4.80. The van der Waals surface area contributed by atoms with Crippen LogP contribution in [0.3, 0.4) is 0 Å². The topological polar surface area (TPSA) is 101 Å². The van der Waals surface area contributed by atoms with Gasteiger partial charge in [-0.1, -0.05) is 12.1 Å². The summed E-state index contributed by atoms with van der Waals surface area (Å²) in [5.41, 5.74) is 0.980. The number of aromatic nitrogens is 2. The fourth-order valence-corrected chi connectivity index (χ4v) is 2.33. The number of carbonyl (C=O) groups excluding carboxylic acids is 1. The number of carboxylic acid groups (broad SMARTS) is 1. The molecule has 0 aliphatic carbocycles. The molecular formula is C16H12N2O5. The van der Waals surface area contributed by atoms with Crippen molar-refractivity contribution < 1.29 is 24.5 Å². The van der Waals surface area contributed by atoms with Crippen molar-refractivity contribution in [2.75, 3.05) is 7.11 Å². The van der Waals surface area contributed by atoms with Crippen LogP contribution in [-0.4, -0.2) is 38.6 Å². The van der Waals surface area contributed by atoms with E-state index in [1.54, 1.807) is 12.1 Å². The first-order chi connectivity index (χ1) is 11.0. The van der Waals surface area contributed by atoms with Crippen molar-refractivity contribution in [2.24, 2.45) is 0 Å². The van der Waals surface area contributed by atoms with Crippen LogP contribution in [0.1, 0.15) is 20.8 Å². The third-order valence-corrected chi connectivity index (χ3v) is 3.37. The number of carboxylic acids is 1. The van der Waals surface area contributed by atoms with Gasteiger partial charge in [0.05, 0.1) is 18.2 Å². The zero-order valence-electron chi connectivity index (χ0n) is 12.1. The molecule has 0 saturated heterocycles. The van der Waals surface area contributed by atoms with E-state index in [4.69, 9.17) is 0 Å².